The van der Waals surface area contributed by atoms with Gasteiger partial charge >= 0.3 is 64.9 Å². The standard InChI is InChI=1S/C6H14O5.4CH4.3HI.V/c1-3(7)5(9)11-6(10)4(2)8;;;;;;;;/h3-10H,1-2H3;4*1H4;3*1H;/q;;;;;;;;+3/p-3. The van der Waals surface area contributed by atoms with Gasteiger partial charge in [-0.2, -0.15) is 0 Å². The van der Waals surface area contributed by atoms with E-state index in [9.17, 15) is 0 Å². The van der Waals surface area contributed by atoms with E-state index in [1.165, 1.54) is 13.8 Å². The van der Waals surface area contributed by atoms with Gasteiger partial charge in [-0.1, -0.05) is 29.7 Å². The van der Waals surface area contributed by atoms with Gasteiger partial charge in [0.2, 0.25) is 0 Å². The van der Waals surface area contributed by atoms with Crippen molar-refractivity contribution in [1.29, 1.82) is 0 Å². The molecule has 126 valence electrons. The molecule has 0 fully saturated rings. The van der Waals surface area contributed by atoms with Crippen molar-refractivity contribution in [2.45, 2.75) is 68.3 Å². The second-order valence-electron chi connectivity index (χ2n) is 2.59. The van der Waals surface area contributed by atoms with Gasteiger partial charge in [-0.25, -0.2) is 0 Å². The normalized spacial score (nSPS) is 14.8. The van der Waals surface area contributed by atoms with E-state index in [1.54, 1.807) is 0 Å². The second-order valence-corrected chi connectivity index (χ2v) is 38.0. The summed E-state index contributed by atoms with van der Waals surface area (Å²) in [6.45, 7) is 2.61. The Morgan fingerprint density at radius 2 is 0.895 bits per heavy atom. The minimum absolute atomic E-state index is 0. The van der Waals surface area contributed by atoms with Gasteiger partial charge in [0.1, 0.15) is 12.2 Å². The monoisotopic (exact) mass is 662 g/mol. The molecule has 4 N–H and O–H groups in total. The molecule has 0 rings (SSSR count). The molecule has 0 aliphatic heterocycles. The molecule has 0 saturated heterocycles. The Labute approximate surface area is 156 Å². The van der Waals surface area contributed by atoms with E-state index in [0.29, 0.717) is 0 Å². The number of aliphatic hydroxyl groups is 4. The van der Waals surface area contributed by atoms with Crippen LogP contribution in [0.2, 0.25) is 0 Å². The summed E-state index contributed by atoms with van der Waals surface area (Å²) < 4.78 is 4.38. The van der Waals surface area contributed by atoms with Crippen molar-refractivity contribution in [3.63, 3.8) is 0 Å². The van der Waals surface area contributed by atoms with Crippen LogP contribution in [0, 0.1) is 0 Å². The van der Waals surface area contributed by atoms with Crippen LogP contribution in [0.4, 0.5) is 0 Å². The van der Waals surface area contributed by atoms with E-state index < -0.39 is 24.8 Å². The van der Waals surface area contributed by atoms with E-state index in [0.717, 1.165) is 0 Å². The Hall–Kier alpha value is 2.57. The molecule has 0 radical (unpaired) electrons. The van der Waals surface area contributed by atoms with Gasteiger partial charge in [-0.15, -0.1) is 0 Å². The number of ether oxygens (including phenoxy) is 1. The number of aliphatic hydroxyl groups excluding tert-OH is 4. The third kappa shape index (κ3) is 33.4. The van der Waals surface area contributed by atoms with Crippen LogP contribution in [0.5, 0.6) is 0 Å². The van der Waals surface area contributed by atoms with Crippen LogP contribution in [0.15, 0.2) is 0 Å². The minimum atomic E-state index is -1.47. The number of rotatable bonds is 4. The molecule has 0 bridgehead atoms. The molecule has 0 heterocycles. The molecule has 0 aromatic carbocycles. The van der Waals surface area contributed by atoms with Crippen molar-refractivity contribution >= 4 is 59.9 Å². The van der Waals surface area contributed by atoms with E-state index in [1.807, 2.05) is 0 Å². The first-order chi connectivity index (χ1) is 6.68. The summed E-state index contributed by atoms with van der Waals surface area (Å²) in [5, 5.41) is 35.0. The molecular weight excluding hydrogens is 632 g/mol. The third-order valence-corrected chi connectivity index (χ3v) is 1.10. The Morgan fingerprint density at radius 3 is 1.00 bits per heavy atom. The SMILES string of the molecule is C.C.C.C.CC(O)C(O)OC(O)C(C)O.[I][V]([I])[I]. The summed E-state index contributed by atoms with van der Waals surface area (Å²) in [4.78, 5) is -0.278. The Kier molecular flexibility index (Phi) is 45.3. The van der Waals surface area contributed by atoms with Crippen LogP contribution in [0.1, 0.15) is 43.6 Å². The maximum absolute atomic E-state index is 8.80. The first-order valence-corrected chi connectivity index (χ1v) is 17.4. The van der Waals surface area contributed by atoms with Crippen LogP contribution in [-0.4, -0.2) is 45.2 Å². The fourth-order valence-corrected chi connectivity index (χ4v) is 0.370. The Balaban J connectivity index is -0.0000000471. The molecule has 19 heavy (non-hydrogen) atoms. The summed E-state index contributed by atoms with van der Waals surface area (Å²) in [6.07, 6.45) is -5.13. The molecule has 4 unspecified atom stereocenters. The average Bonchev–Trinajstić information content (AvgIpc) is 2.02. The molecule has 0 aliphatic rings. The van der Waals surface area contributed by atoms with Gasteiger partial charge in [0, 0.05) is 0 Å². The fourth-order valence-electron chi connectivity index (χ4n) is 0.370. The molecule has 0 saturated carbocycles. The Bertz CT molecular complexity index is 138. The number of halogens is 3. The predicted molar refractivity (Wildman–Crippen MR) is 105 cm³/mol. The van der Waals surface area contributed by atoms with Crippen molar-refractivity contribution in [2.24, 2.45) is 0 Å². The zero-order valence-electron chi connectivity index (χ0n) is 8.09. The van der Waals surface area contributed by atoms with Crippen molar-refractivity contribution in [1.82, 2.24) is 0 Å². The maximum atomic E-state index is 8.80. The number of hydrogen-bond donors (Lipinski definition) is 4. The summed E-state index contributed by atoms with van der Waals surface area (Å²) in [7, 11) is 0. The molecular formula is C10H30I3O5V. The van der Waals surface area contributed by atoms with Crippen molar-refractivity contribution in [3.05, 3.63) is 0 Å². The number of hydrogen-bond acceptors (Lipinski definition) is 5. The fraction of sp³-hybridized carbons (Fsp3) is 1.00. The molecule has 5 nitrogen and oxygen atoms in total. The van der Waals surface area contributed by atoms with Crippen LogP contribution in [0.25, 0.3) is 0 Å². The van der Waals surface area contributed by atoms with E-state index in [4.69, 9.17) is 20.4 Å². The van der Waals surface area contributed by atoms with Gasteiger partial charge in [-0.3, -0.25) is 0 Å². The van der Waals surface area contributed by atoms with Gasteiger partial charge in [0.05, 0.1) is 0 Å². The van der Waals surface area contributed by atoms with E-state index in [2.05, 4.69) is 64.7 Å². The third-order valence-electron chi connectivity index (χ3n) is 1.10. The van der Waals surface area contributed by atoms with Crippen LogP contribution >= 0.6 is 59.9 Å². The molecule has 0 aromatic rings. The zero-order chi connectivity index (χ0) is 12.6. The van der Waals surface area contributed by atoms with Crippen molar-refractivity contribution in [2.75, 3.05) is 0 Å². The second kappa shape index (κ2) is 22.8. The Morgan fingerprint density at radius 1 is 0.737 bits per heavy atom. The molecule has 9 heteroatoms. The quantitative estimate of drug-likeness (QED) is 0.273. The van der Waals surface area contributed by atoms with Gasteiger partial charge in [-0.05, 0) is 13.8 Å². The van der Waals surface area contributed by atoms with Gasteiger partial charge < -0.3 is 25.2 Å². The zero-order valence-corrected chi connectivity index (χ0v) is 16.0. The van der Waals surface area contributed by atoms with Gasteiger partial charge in [0.15, 0.2) is 12.6 Å². The van der Waals surface area contributed by atoms with Crippen molar-refractivity contribution in [3.8, 4) is 0 Å². The van der Waals surface area contributed by atoms with Crippen LogP contribution < -0.4 is 0 Å². The summed E-state index contributed by atoms with van der Waals surface area (Å²) in [5.74, 6) is 0. The first-order valence-electron chi connectivity index (χ1n) is 3.83. The van der Waals surface area contributed by atoms with E-state index >= 15 is 0 Å². The van der Waals surface area contributed by atoms with Crippen molar-refractivity contribution < 1.29 is 30.1 Å². The topological polar surface area (TPSA) is 90.2 Å². The summed E-state index contributed by atoms with van der Waals surface area (Å²) >= 11 is 7.39. The molecule has 4 atom stereocenters. The first kappa shape index (κ1) is 37.7. The summed E-state index contributed by atoms with van der Waals surface area (Å²) in [5.41, 5.74) is 0. The molecule has 0 aromatic heterocycles. The van der Waals surface area contributed by atoms with E-state index in [-0.39, 0.29) is 34.6 Å². The van der Waals surface area contributed by atoms with Gasteiger partial charge in [0.25, 0.3) is 0 Å². The predicted octanol–water partition coefficient (Wildman–Crippen LogP) is 3.60. The average molecular weight is 662 g/mol. The van der Waals surface area contributed by atoms with Crippen LogP contribution in [-0.2, 0) is 9.66 Å². The van der Waals surface area contributed by atoms with Crippen LogP contribution in [0.3, 0.4) is 0 Å². The summed E-state index contributed by atoms with van der Waals surface area (Å²) in [6, 6.07) is 0. The molecule has 0 amide bonds. The molecule has 0 spiro atoms. The molecule has 0 aliphatic carbocycles.